The van der Waals surface area contributed by atoms with Crippen molar-refractivity contribution in [3.63, 3.8) is 0 Å². The molecule has 3 heterocycles. The maximum Gasteiger partial charge on any atom is 0.340 e. The Morgan fingerprint density at radius 3 is 2.93 bits per heavy atom. The minimum Gasteiger partial charge on any atom is -0.465 e. The fourth-order valence-corrected chi connectivity index (χ4v) is 3.97. The van der Waals surface area contributed by atoms with E-state index in [-0.39, 0.29) is 12.0 Å². The number of benzene rings is 1. The summed E-state index contributed by atoms with van der Waals surface area (Å²) in [5.41, 5.74) is 5.36. The topological polar surface area (TPSA) is 69.1 Å². The maximum atomic E-state index is 12.6. The molecule has 4 rings (SSSR count). The van der Waals surface area contributed by atoms with Crippen LogP contribution in [0.25, 0.3) is 16.5 Å². The van der Waals surface area contributed by atoms with Crippen molar-refractivity contribution in [3.8, 4) is 6.07 Å². The van der Waals surface area contributed by atoms with Gasteiger partial charge in [-0.25, -0.2) is 4.79 Å². The molecule has 0 saturated carbocycles. The summed E-state index contributed by atoms with van der Waals surface area (Å²) in [4.78, 5) is 18.1. The molecule has 27 heavy (non-hydrogen) atoms. The number of nitrogens with one attached hydrogen (secondary N) is 1. The number of ether oxygens (including phenoxy) is 1. The van der Waals surface area contributed by atoms with E-state index < -0.39 is 0 Å². The van der Waals surface area contributed by atoms with Gasteiger partial charge >= 0.3 is 5.97 Å². The zero-order chi connectivity index (χ0) is 19.0. The molecule has 1 aromatic heterocycles. The fraction of sp³-hybridized carbons (Fsp3) is 0.273. The molecule has 1 N–H and O–H groups in total. The highest BCUT2D eigenvalue weighted by molar-refractivity contribution is 6.18. The summed E-state index contributed by atoms with van der Waals surface area (Å²) in [6.07, 6.45) is 7.38. The van der Waals surface area contributed by atoms with Gasteiger partial charge in [-0.05, 0) is 41.7 Å². The number of esters is 1. The summed E-state index contributed by atoms with van der Waals surface area (Å²) in [6, 6.07) is 10.2. The lowest BCUT2D eigenvalue weighted by atomic mass is 9.96. The Morgan fingerprint density at radius 2 is 2.19 bits per heavy atom. The number of aromatic amines is 1. The van der Waals surface area contributed by atoms with E-state index in [1.54, 1.807) is 0 Å². The van der Waals surface area contributed by atoms with Crippen LogP contribution in [-0.4, -0.2) is 35.5 Å². The van der Waals surface area contributed by atoms with Crippen LogP contribution in [0.1, 0.15) is 24.6 Å². The Balaban J connectivity index is 1.95. The number of aromatic nitrogens is 1. The van der Waals surface area contributed by atoms with Crippen molar-refractivity contribution in [3.05, 3.63) is 65.0 Å². The number of fused-ring (bicyclic) bond motifs is 4. The third-order valence-electron chi connectivity index (χ3n) is 5.30. The van der Waals surface area contributed by atoms with Crippen LogP contribution in [0.2, 0.25) is 0 Å². The minimum atomic E-state index is -0.369. The number of hydrogen-bond donors (Lipinski definition) is 1. The molecule has 0 fully saturated rings. The molecule has 136 valence electrons. The highest BCUT2D eigenvalue weighted by Crippen LogP contribution is 2.33. The number of para-hydroxylation sites is 1. The first-order chi connectivity index (χ1) is 13.2. The second-order valence-corrected chi connectivity index (χ2v) is 6.80. The van der Waals surface area contributed by atoms with Gasteiger partial charge in [0.2, 0.25) is 0 Å². The van der Waals surface area contributed by atoms with Gasteiger partial charge < -0.3 is 14.6 Å². The molecule has 2 aliphatic heterocycles. The summed E-state index contributed by atoms with van der Waals surface area (Å²) in [6.45, 7) is 2.76. The fourth-order valence-electron chi connectivity index (χ4n) is 3.97. The van der Waals surface area contributed by atoms with Crippen LogP contribution in [0, 0.1) is 11.3 Å². The molecule has 0 spiro atoms. The van der Waals surface area contributed by atoms with Gasteiger partial charge in [-0.15, -0.1) is 0 Å². The second-order valence-electron chi connectivity index (χ2n) is 6.80. The Hall–Kier alpha value is -3.26. The molecule has 1 unspecified atom stereocenters. The highest BCUT2D eigenvalue weighted by atomic mass is 16.5. The first-order valence-corrected chi connectivity index (χ1v) is 9.14. The third-order valence-corrected chi connectivity index (χ3v) is 5.30. The van der Waals surface area contributed by atoms with Crippen LogP contribution < -0.4 is 0 Å². The summed E-state index contributed by atoms with van der Waals surface area (Å²) < 4.78 is 5.07. The molecule has 2 bridgehead atoms. The van der Waals surface area contributed by atoms with Gasteiger partial charge in [-0.3, -0.25) is 0 Å². The molecule has 1 atom stereocenters. The summed E-state index contributed by atoms with van der Waals surface area (Å²) in [5.74, 6) is -0.369. The predicted molar refractivity (Wildman–Crippen MR) is 105 cm³/mol. The molecule has 5 nitrogen and oxygen atoms in total. The zero-order valence-electron chi connectivity index (χ0n) is 15.5. The van der Waals surface area contributed by atoms with Gasteiger partial charge in [0, 0.05) is 23.6 Å². The summed E-state index contributed by atoms with van der Waals surface area (Å²) in [5, 5.41) is 10.8. The molecular weight excluding hydrogens is 338 g/mol. The van der Waals surface area contributed by atoms with Crippen LogP contribution in [0.4, 0.5) is 0 Å². The lowest BCUT2D eigenvalue weighted by Crippen LogP contribution is -2.35. The first-order valence-electron chi connectivity index (χ1n) is 9.14. The van der Waals surface area contributed by atoms with Crippen LogP contribution in [0.15, 0.2) is 53.8 Å². The number of methoxy groups -OCH3 is 1. The van der Waals surface area contributed by atoms with Gasteiger partial charge in [-0.2, -0.15) is 5.26 Å². The standard InChI is InChI=1S/C22H21N3O2/c1-3-15-10-14-11-18(22(26)27-2)21-17(8-9-25(13-14)20(15)12-23)16-6-4-5-7-19(16)24-21/h4-7,10-11,13,20,24H,3,8-9H2,1-2H3/b18-11-. The number of rotatable bonds is 2. The molecular formula is C22H21N3O2. The number of carbonyl (C=O) groups excluding carboxylic acids is 1. The predicted octanol–water partition coefficient (Wildman–Crippen LogP) is 3.71. The number of nitriles is 1. The largest absolute Gasteiger partial charge is 0.465 e. The molecule has 0 radical (unpaired) electrons. The van der Waals surface area contributed by atoms with E-state index in [1.165, 1.54) is 7.11 Å². The molecule has 5 heteroatoms. The lowest BCUT2D eigenvalue weighted by Gasteiger charge is -2.31. The third kappa shape index (κ3) is 2.83. The van der Waals surface area contributed by atoms with Gasteiger partial charge in [0.15, 0.2) is 0 Å². The highest BCUT2D eigenvalue weighted by Gasteiger charge is 2.28. The maximum absolute atomic E-state index is 12.6. The first kappa shape index (κ1) is 17.2. The van der Waals surface area contributed by atoms with E-state index in [2.05, 4.69) is 28.9 Å². The Bertz CT molecular complexity index is 1050. The SMILES string of the molecule is CCC1=CC2=CN(CCc3c([nH]c4ccccc34)/C(C(=O)OC)=C/2)C1C#N. The number of hydrogen-bond acceptors (Lipinski definition) is 4. The molecule has 2 aromatic rings. The number of carbonyl (C=O) groups is 1. The van der Waals surface area contributed by atoms with Crippen LogP contribution >= 0.6 is 0 Å². The monoisotopic (exact) mass is 359 g/mol. The second kappa shape index (κ2) is 6.81. The van der Waals surface area contributed by atoms with E-state index in [9.17, 15) is 10.1 Å². The minimum absolute atomic E-state index is 0.263. The van der Waals surface area contributed by atoms with Gasteiger partial charge in [0.25, 0.3) is 0 Å². The molecule has 0 saturated heterocycles. The van der Waals surface area contributed by atoms with E-state index in [0.29, 0.717) is 12.1 Å². The van der Waals surface area contributed by atoms with Crippen molar-refractivity contribution in [2.24, 2.45) is 0 Å². The van der Waals surface area contributed by atoms with Crippen molar-refractivity contribution >= 4 is 22.4 Å². The summed E-state index contributed by atoms with van der Waals surface area (Å²) in [7, 11) is 1.40. The molecule has 0 amide bonds. The van der Waals surface area contributed by atoms with E-state index >= 15 is 0 Å². The number of allylic oxidation sites excluding steroid dienone is 3. The summed E-state index contributed by atoms with van der Waals surface area (Å²) >= 11 is 0. The quantitative estimate of drug-likeness (QED) is 0.830. The van der Waals surface area contributed by atoms with Gasteiger partial charge in [0.1, 0.15) is 6.04 Å². The van der Waals surface area contributed by atoms with Gasteiger partial charge in [0.05, 0.1) is 24.4 Å². The van der Waals surface area contributed by atoms with Crippen molar-refractivity contribution in [2.75, 3.05) is 13.7 Å². The molecule has 0 aliphatic carbocycles. The van der Waals surface area contributed by atoms with Crippen molar-refractivity contribution in [2.45, 2.75) is 25.8 Å². The van der Waals surface area contributed by atoms with Crippen LogP contribution in [0.3, 0.4) is 0 Å². The van der Waals surface area contributed by atoms with Crippen molar-refractivity contribution in [1.29, 1.82) is 5.26 Å². The average Bonchev–Trinajstić information content (AvgIpc) is 3.08. The molecule has 2 aliphatic rings. The normalized spacial score (nSPS) is 20.9. The van der Waals surface area contributed by atoms with Crippen molar-refractivity contribution < 1.29 is 9.53 Å². The van der Waals surface area contributed by atoms with Crippen LogP contribution in [-0.2, 0) is 16.0 Å². The Morgan fingerprint density at radius 1 is 1.37 bits per heavy atom. The van der Waals surface area contributed by atoms with Crippen LogP contribution in [0.5, 0.6) is 0 Å². The average molecular weight is 359 g/mol. The van der Waals surface area contributed by atoms with Crippen molar-refractivity contribution in [1.82, 2.24) is 9.88 Å². The zero-order valence-corrected chi connectivity index (χ0v) is 15.5. The Labute approximate surface area is 158 Å². The molecule has 1 aromatic carbocycles. The number of H-pyrrole nitrogens is 1. The number of nitrogens with zero attached hydrogens (tertiary/aromatic N) is 2. The van der Waals surface area contributed by atoms with E-state index in [0.717, 1.165) is 46.1 Å². The van der Waals surface area contributed by atoms with E-state index in [1.807, 2.05) is 36.6 Å². The smallest absolute Gasteiger partial charge is 0.340 e. The van der Waals surface area contributed by atoms with E-state index in [4.69, 9.17) is 4.74 Å². The Kier molecular flexibility index (Phi) is 4.33. The van der Waals surface area contributed by atoms with Gasteiger partial charge in [-0.1, -0.05) is 31.2 Å². The lowest BCUT2D eigenvalue weighted by molar-refractivity contribution is -0.133.